The largest absolute Gasteiger partial charge is 0.379 e. The number of nitrogens with one attached hydrogen (secondary N) is 2. The second kappa shape index (κ2) is 8.48. The van der Waals surface area contributed by atoms with Crippen molar-refractivity contribution in [3.05, 3.63) is 40.6 Å². The van der Waals surface area contributed by atoms with E-state index in [1.165, 1.54) is 6.33 Å². The number of aromatic nitrogens is 2. The molecule has 1 saturated heterocycles. The molecule has 0 aliphatic carbocycles. The van der Waals surface area contributed by atoms with E-state index in [1.807, 2.05) is 6.07 Å². The van der Waals surface area contributed by atoms with E-state index in [0.717, 1.165) is 50.9 Å². The van der Waals surface area contributed by atoms with Gasteiger partial charge in [-0.15, -0.1) is 0 Å². The van der Waals surface area contributed by atoms with E-state index in [1.54, 1.807) is 18.2 Å². The van der Waals surface area contributed by atoms with Gasteiger partial charge in [0.1, 0.15) is 18.0 Å². The fourth-order valence-electron chi connectivity index (χ4n) is 2.46. The number of hydrogen-bond donors (Lipinski definition) is 2. The maximum Gasteiger partial charge on any atom is 0.135 e. The molecule has 2 N–H and O–H groups in total. The number of halogens is 2. The van der Waals surface area contributed by atoms with Gasteiger partial charge in [-0.2, -0.15) is 0 Å². The summed E-state index contributed by atoms with van der Waals surface area (Å²) >= 11 is 12.0. The molecular formula is C16H19Cl2N5O. The van der Waals surface area contributed by atoms with Crippen molar-refractivity contribution in [2.75, 3.05) is 50.0 Å². The third-order valence-corrected chi connectivity index (χ3v) is 4.08. The summed E-state index contributed by atoms with van der Waals surface area (Å²) in [5.74, 6) is 1.45. The topological polar surface area (TPSA) is 62.3 Å². The van der Waals surface area contributed by atoms with Crippen molar-refractivity contribution in [3.8, 4) is 0 Å². The van der Waals surface area contributed by atoms with Crippen molar-refractivity contribution in [1.29, 1.82) is 0 Å². The van der Waals surface area contributed by atoms with Crippen LogP contribution in [0.2, 0.25) is 10.0 Å². The molecule has 2 heterocycles. The van der Waals surface area contributed by atoms with Gasteiger partial charge in [-0.25, -0.2) is 9.97 Å². The van der Waals surface area contributed by atoms with Crippen LogP contribution in [0.1, 0.15) is 0 Å². The number of nitrogens with zero attached hydrogens (tertiary/aromatic N) is 3. The van der Waals surface area contributed by atoms with Gasteiger partial charge in [0, 0.05) is 48.0 Å². The predicted octanol–water partition coefficient (Wildman–Crippen LogP) is 3.27. The van der Waals surface area contributed by atoms with Crippen LogP contribution in [-0.4, -0.2) is 54.3 Å². The van der Waals surface area contributed by atoms with Crippen LogP contribution in [0.5, 0.6) is 0 Å². The average Bonchev–Trinajstić information content (AvgIpc) is 2.55. The molecule has 3 rings (SSSR count). The quantitative estimate of drug-likeness (QED) is 0.816. The van der Waals surface area contributed by atoms with Crippen LogP contribution in [0.25, 0.3) is 0 Å². The summed E-state index contributed by atoms with van der Waals surface area (Å²) in [5.41, 5.74) is 0.783. The minimum absolute atomic E-state index is 0.572. The molecule has 0 unspecified atom stereocenters. The van der Waals surface area contributed by atoms with Gasteiger partial charge < -0.3 is 15.4 Å². The number of rotatable bonds is 6. The Morgan fingerprint density at radius 2 is 1.71 bits per heavy atom. The van der Waals surface area contributed by atoms with Gasteiger partial charge in [0.25, 0.3) is 0 Å². The second-order valence-electron chi connectivity index (χ2n) is 5.45. The summed E-state index contributed by atoms with van der Waals surface area (Å²) < 4.78 is 5.34. The van der Waals surface area contributed by atoms with Gasteiger partial charge in [-0.05, 0) is 18.2 Å². The first-order chi connectivity index (χ1) is 11.7. The monoisotopic (exact) mass is 367 g/mol. The molecule has 0 bridgehead atoms. The van der Waals surface area contributed by atoms with Gasteiger partial charge in [0.05, 0.1) is 13.2 Å². The Morgan fingerprint density at radius 1 is 1.00 bits per heavy atom. The van der Waals surface area contributed by atoms with E-state index in [4.69, 9.17) is 27.9 Å². The van der Waals surface area contributed by atoms with Gasteiger partial charge in [-0.1, -0.05) is 23.2 Å². The predicted molar refractivity (Wildman–Crippen MR) is 97.5 cm³/mol. The molecule has 1 aliphatic heterocycles. The molecule has 128 valence electrons. The highest BCUT2D eigenvalue weighted by Gasteiger charge is 2.09. The summed E-state index contributed by atoms with van der Waals surface area (Å²) in [5, 5.41) is 7.64. The summed E-state index contributed by atoms with van der Waals surface area (Å²) in [4.78, 5) is 10.8. The summed E-state index contributed by atoms with van der Waals surface area (Å²) in [7, 11) is 0. The molecular weight excluding hydrogens is 349 g/mol. The highest BCUT2D eigenvalue weighted by molar-refractivity contribution is 6.35. The normalized spacial score (nSPS) is 15.2. The fourth-order valence-corrected chi connectivity index (χ4v) is 2.99. The van der Waals surface area contributed by atoms with E-state index < -0.39 is 0 Å². The molecule has 1 aromatic carbocycles. The lowest BCUT2D eigenvalue weighted by Crippen LogP contribution is -2.39. The number of ether oxygens (including phenoxy) is 1. The van der Waals surface area contributed by atoms with Crippen molar-refractivity contribution < 1.29 is 4.74 Å². The molecule has 0 saturated carbocycles. The van der Waals surface area contributed by atoms with Gasteiger partial charge in [-0.3, -0.25) is 4.90 Å². The number of benzene rings is 1. The van der Waals surface area contributed by atoms with Crippen molar-refractivity contribution >= 4 is 40.5 Å². The summed E-state index contributed by atoms with van der Waals surface area (Å²) in [6.07, 6.45) is 1.52. The average molecular weight is 368 g/mol. The van der Waals surface area contributed by atoms with Crippen molar-refractivity contribution in [2.45, 2.75) is 0 Å². The SMILES string of the molecule is Clc1cc(Cl)cc(Nc2cc(NCCN3CCOCC3)ncn2)c1. The van der Waals surface area contributed by atoms with Gasteiger partial charge >= 0.3 is 0 Å². The van der Waals surface area contributed by atoms with Gasteiger partial charge in [0.2, 0.25) is 0 Å². The molecule has 1 aliphatic rings. The molecule has 0 spiro atoms. The highest BCUT2D eigenvalue weighted by Crippen LogP contribution is 2.25. The van der Waals surface area contributed by atoms with E-state index in [0.29, 0.717) is 15.9 Å². The molecule has 0 radical (unpaired) electrons. The van der Waals surface area contributed by atoms with Crippen molar-refractivity contribution in [1.82, 2.24) is 14.9 Å². The molecule has 0 atom stereocenters. The Balaban J connectivity index is 1.55. The molecule has 6 nitrogen and oxygen atoms in total. The van der Waals surface area contributed by atoms with Crippen LogP contribution in [-0.2, 0) is 4.74 Å². The Bertz CT molecular complexity index is 659. The molecule has 24 heavy (non-hydrogen) atoms. The zero-order valence-corrected chi connectivity index (χ0v) is 14.6. The highest BCUT2D eigenvalue weighted by atomic mass is 35.5. The first-order valence-electron chi connectivity index (χ1n) is 7.78. The number of anilines is 3. The third-order valence-electron chi connectivity index (χ3n) is 3.64. The molecule has 0 amide bonds. The first-order valence-corrected chi connectivity index (χ1v) is 8.54. The minimum atomic E-state index is 0.572. The maximum atomic E-state index is 6.01. The summed E-state index contributed by atoms with van der Waals surface area (Å²) in [6, 6.07) is 7.13. The molecule has 1 aromatic heterocycles. The van der Waals surface area contributed by atoms with E-state index in [2.05, 4.69) is 25.5 Å². The van der Waals surface area contributed by atoms with Crippen LogP contribution in [0, 0.1) is 0 Å². The minimum Gasteiger partial charge on any atom is -0.379 e. The summed E-state index contributed by atoms with van der Waals surface area (Å²) in [6.45, 7) is 5.36. The van der Waals surface area contributed by atoms with Crippen molar-refractivity contribution in [2.24, 2.45) is 0 Å². The smallest absolute Gasteiger partial charge is 0.135 e. The lowest BCUT2D eigenvalue weighted by Gasteiger charge is -2.26. The second-order valence-corrected chi connectivity index (χ2v) is 6.33. The van der Waals surface area contributed by atoms with E-state index in [-0.39, 0.29) is 0 Å². The zero-order valence-electron chi connectivity index (χ0n) is 13.1. The first kappa shape index (κ1) is 17.2. The fraction of sp³-hybridized carbons (Fsp3) is 0.375. The van der Waals surface area contributed by atoms with Crippen LogP contribution in [0.15, 0.2) is 30.6 Å². The lowest BCUT2D eigenvalue weighted by molar-refractivity contribution is 0.0398. The number of hydrogen-bond acceptors (Lipinski definition) is 6. The maximum absolute atomic E-state index is 6.01. The van der Waals surface area contributed by atoms with Gasteiger partial charge in [0.15, 0.2) is 0 Å². The van der Waals surface area contributed by atoms with Crippen LogP contribution < -0.4 is 10.6 Å². The molecule has 1 fully saturated rings. The Labute approximate surface area is 151 Å². The standard InChI is InChI=1S/C16H19Cl2N5O/c17-12-7-13(18)9-14(8-12)22-16-10-15(20-11-21-16)19-1-2-23-3-5-24-6-4-23/h7-11H,1-6H2,(H2,19,20,21,22). The van der Waals surface area contributed by atoms with E-state index >= 15 is 0 Å². The van der Waals surface area contributed by atoms with Crippen LogP contribution in [0.3, 0.4) is 0 Å². The molecule has 8 heteroatoms. The lowest BCUT2D eigenvalue weighted by atomic mass is 10.3. The Hall–Kier alpha value is -1.60. The van der Waals surface area contributed by atoms with Crippen molar-refractivity contribution in [3.63, 3.8) is 0 Å². The van der Waals surface area contributed by atoms with Crippen LogP contribution >= 0.6 is 23.2 Å². The third kappa shape index (κ3) is 5.21. The number of morpholine rings is 1. The van der Waals surface area contributed by atoms with E-state index in [9.17, 15) is 0 Å². The zero-order chi connectivity index (χ0) is 16.8. The molecule has 2 aromatic rings. The van der Waals surface area contributed by atoms with Crippen LogP contribution in [0.4, 0.5) is 17.3 Å². The Morgan fingerprint density at radius 3 is 2.46 bits per heavy atom. The Kier molecular flexibility index (Phi) is 6.09.